The minimum absolute atomic E-state index is 0. The molecule has 1 aliphatic rings. The number of hydrogen-bond acceptors (Lipinski definition) is 2. The minimum atomic E-state index is -4.44. The van der Waals surface area contributed by atoms with Crippen LogP contribution in [0, 0.1) is 0 Å². The summed E-state index contributed by atoms with van der Waals surface area (Å²) in [6.07, 6.45) is -3.80. The summed E-state index contributed by atoms with van der Waals surface area (Å²) in [5.74, 6) is 0. The van der Waals surface area contributed by atoms with Gasteiger partial charge in [-0.2, -0.15) is 13.2 Å². The summed E-state index contributed by atoms with van der Waals surface area (Å²) >= 11 is 5.72. The van der Waals surface area contributed by atoms with Gasteiger partial charge in [-0.15, -0.1) is 31.4 Å². The first kappa shape index (κ1) is 23.5. The summed E-state index contributed by atoms with van der Waals surface area (Å²) in [6.45, 7) is 9.11. The summed E-state index contributed by atoms with van der Waals surface area (Å²) in [5.41, 5.74) is 0.821. The second-order valence-electron chi connectivity index (χ2n) is 5.70. The van der Waals surface area contributed by atoms with Gasteiger partial charge in [0.15, 0.2) is 0 Å². The van der Waals surface area contributed by atoms with Gasteiger partial charge in [0.1, 0.15) is 0 Å². The largest absolute Gasteiger partial charge is 0.417 e. The normalized spacial score (nSPS) is 16.7. The number of benzene rings is 1. The van der Waals surface area contributed by atoms with Crippen LogP contribution in [0.2, 0.25) is 5.02 Å². The fourth-order valence-electron chi connectivity index (χ4n) is 2.75. The van der Waals surface area contributed by atoms with E-state index in [1.54, 1.807) is 6.07 Å². The fourth-order valence-corrected chi connectivity index (χ4v) is 2.97. The molecule has 0 amide bonds. The van der Waals surface area contributed by atoms with E-state index in [1.165, 1.54) is 12.1 Å². The van der Waals surface area contributed by atoms with Gasteiger partial charge in [0.25, 0.3) is 0 Å². The number of hydrogen-bond donors (Lipinski definition) is 1. The van der Waals surface area contributed by atoms with Crippen LogP contribution in [0.4, 0.5) is 13.2 Å². The highest BCUT2D eigenvalue weighted by molar-refractivity contribution is 6.31. The molecule has 1 aliphatic heterocycles. The topological polar surface area (TPSA) is 15.3 Å². The molecule has 24 heavy (non-hydrogen) atoms. The van der Waals surface area contributed by atoms with Crippen LogP contribution < -0.4 is 5.32 Å². The van der Waals surface area contributed by atoms with E-state index < -0.39 is 11.7 Å². The van der Waals surface area contributed by atoms with E-state index in [-0.39, 0.29) is 35.9 Å². The highest BCUT2D eigenvalue weighted by atomic mass is 35.5. The molecule has 1 N–H and O–H groups in total. The van der Waals surface area contributed by atoms with Gasteiger partial charge in [0, 0.05) is 32.2 Å². The molecule has 0 saturated carbocycles. The Hall–Kier alpha value is -0.460. The average molecular weight is 406 g/mol. The van der Waals surface area contributed by atoms with Gasteiger partial charge in [-0.05, 0) is 31.0 Å². The number of alkyl halides is 3. The molecule has 1 heterocycles. The van der Waals surface area contributed by atoms with Gasteiger partial charge in [-0.25, -0.2) is 0 Å². The molecule has 0 aliphatic carbocycles. The maximum Gasteiger partial charge on any atom is 0.417 e. The van der Waals surface area contributed by atoms with Crippen LogP contribution in [-0.2, 0) is 6.18 Å². The lowest BCUT2D eigenvalue weighted by molar-refractivity contribution is -0.137. The second kappa shape index (κ2) is 9.88. The molecular weight excluding hydrogens is 384 g/mol. The van der Waals surface area contributed by atoms with E-state index in [0.717, 1.165) is 31.8 Å². The van der Waals surface area contributed by atoms with Crippen LogP contribution in [0.1, 0.15) is 30.5 Å². The first-order chi connectivity index (χ1) is 10.3. The first-order valence-corrected chi connectivity index (χ1v) is 7.62. The Morgan fingerprint density at radius 3 is 2.38 bits per heavy atom. The van der Waals surface area contributed by atoms with E-state index >= 15 is 0 Å². The molecule has 1 aromatic carbocycles. The summed E-state index contributed by atoms with van der Waals surface area (Å²) in [7, 11) is 0. The number of piperazine rings is 1. The van der Waals surface area contributed by atoms with Crippen molar-refractivity contribution in [1.82, 2.24) is 10.2 Å². The lowest BCUT2D eigenvalue weighted by Gasteiger charge is -2.35. The van der Waals surface area contributed by atoms with Crippen molar-refractivity contribution >= 4 is 36.4 Å². The molecule has 0 radical (unpaired) electrons. The van der Waals surface area contributed by atoms with E-state index in [1.807, 2.05) is 6.92 Å². The Morgan fingerprint density at radius 2 is 1.88 bits per heavy atom. The van der Waals surface area contributed by atoms with Gasteiger partial charge < -0.3 is 5.32 Å². The van der Waals surface area contributed by atoms with Crippen LogP contribution in [0.15, 0.2) is 30.4 Å². The first-order valence-electron chi connectivity index (χ1n) is 7.25. The molecule has 1 atom stereocenters. The summed E-state index contributed by atoms with van der Waals surface area (Å²) in [6, 6.07) is 4.11. The monoisotopic (exact) mass is 404 g/mol. The zero-order valence-electron chi connectivity index (χ0n) is 13.3. The van der Waals surface area contributed by atoms with Crippen molar-refractivity contribution < 1.29 is 13.2 Å². The molecule has 0 aromatic heterocycles. The lowest BCUT2D eigenvalue weighted by Crippen LogP contribution is -2.45. The van der Waals surface area contributed by atoms with Gasteiger partial charge in [-0.3, -0.25) is 4.90 Å². The van der Waals surface area contributed by atoms with Crippen LogP contribution in [0.25, 0.3) is 0 Å². The van der Waals surface area contributed by atoms with E-state index in [2.05, 4.69) is 16.8 Å². The van der Waals surface area contributed by atoms with Crippen molar-refractivity contribution in [1.29, 1.82) is 0 Å². The van der Waals surface area contributed by atoms with Crippen molar-refractivity contribution in [3.05, 3.63) is 46.5 Å². The van der Waals surface area contributed by atoms with Gasteiger partial charge in [-0.1, -0.05) is 23.2 Å². The van der Waals surface area contributed by atoms with Crippen molar-refractivity contribution in [2.75, 3.05) is 26.2 Å². The molecule has 0 bridgehead atoms. The quantitative estimate of drug-likeness (QED) is 0.700. The molecule has 1 saturated heterocycles. The third-order valence-electron chi connectivity index (χ3n) is 3.81. The van der Waals surface area contributed by atoms with Crippen LogP contribution in [0.3, 0.4) is 0 Å². The van der Waals surface area contributed by atoms with Crippen molar-refractivity contribution in [3.8, 4) is 0 Å². The number of rotatable bonds is 4. The SMILES string of the molecule is C=C(C)C[C@H](c1ccc(Cl)c(C(F)(F)F)c1)N1CCNCC1.Cl.Cl. The Morgan fingerprint density at radius 1 is 1.29 bits per heavy atom. The molecule has 1 aromatic rings. The number of nitrogens with one attached hydrogen (secondary N) is 1. The van der Waals surface area contributed by atoms with Crippen molar-refractivity contribution in [3.63, 3.8) is 0 Å². The molecule has 2 nitrogen and oxygen atoms in total. The van der Waals surface area contributed by atoms with E-state index in [0.29, 0.717) is 12.0 Å². The average Bonchev–Trinajstić information content (AvgIpc) is 2.45. The van der Waals surface area contributed by atoms with Crippen molar-refractivity contribution in [2.24, 2.45) is 0 Å². The molecule has 8 heteroatoms. The van der Waals surface area contributed by atoms with E-state index in [4.69, 9.17) is 11.6 Å². The van der Waals surface area contributed by atoms with Gasteiger partial charge >= 0.3 is 6.18 Å². The predicted octanol–water partition coefficient (Wildman–Crippen LogP) is 5.11. The molecule has 0 spiro atoms. The van der Waals surface area contributed by atoms with Crippen LogP contribution in [-0.4, -0.2) is 31.1 Å². The molecular formula is C16H22Cl3F3N2. The maximum absolute atomic E-state index is 13.1. The zero-order chi connectivity index (χ0) is 16.3. The summed E-state index contributed by atoms with van der Waals surface area (Å²) in [4.78, 5) is 2.20. The minimum Gasteiger partial charge on any atom is -0.314 e. The summed E-state index contributed by atoms with van der Waals surface area (Å²) < 4.78 is 39.2. The Bertz CT molecular complexity index is 544. The second-order valence-corrected chi connectivity index (χ2v) is 6.11. The smallest absolute Gasteiger partial charge is 0.314 e. The summed E-state index contributed by atoms with van der Waals surface area (Å²) in [5, 5.41) is 3.00. The third-order valence-corrected chi connectivity index (χ3v) is 4.14. The van der Waals surface area contributed by atoms with Crippen LogP contribution >= 0.6 is 36.4 Å². The van der Waals surface area contributed by atoms with Crippen molar-refractivity contribution in [2.45, 2.75) is 25.6 Å². The zero-order valence-corrected chi connectivity index (χ0v) is 15.7. The third kappa shape index (κ3) is 6.12. The molecule has 0 unspecified atom stereocenters. The standard InChI is InChI=1S/C16H20ClF3N2.2ClH/c1-11(2)9-15(22-7-5-21-6-8-22)12-3-4-14(17)13(10-12)16(18,19)20;;/h3-4,10,15,21H,1,5-9H2,2H3;2*1H/t15-;;/m1../s1. The molecule has 138 valence electrons. The van der Waals surface area contributed by atoms with Gasteiger partial charge in [0.05, 0.1) is 10.6 Å². The lowest BCUT2D eigenvalue weighted by atomic mass is 9.96. The Balaban J connectivity index is 0.00000264. The van der Waals surface area contributed by atoms with E-state index in [9.17, 15) is 13.2 Å². The predicted molar refractivity (Wildman–Crippen MR) is 97.6 cm³/mol. The highest BCUT2D eigenvalue weighted by Crippen LogP contribution is 2.38. The fraction of sp³-hybridized carbons (Fsp3) is 0.500. The Kier molecular flexibility index (Phi) is 9.69. The molecule has 2 rings (SSSR count). The Labute approximate surface area is 158 Å². The van der Waals surface area contributed by atoms with Gasteiger partial charge in [0.2, 0.25) is 0 Å². The number of halogens is 6. The number of nitrogens with zero attached hydrogens (tertiary/aromatic N) is 1. The maximum atomic E-state index is 13.1. The molecule has 1 fully saturated rings. The van der Waals surface area contributed by atoms with Crippen LogP contribution in [0.5, 0.6) is 0 Å². The highest BCUT2D eigenvalue weighted by Gasteiger charge is 2.34.